The molecule has 39 heavy (non-hydrogen) atoms. The van der Waals surface area contributed by atoms with Crippen molar-refractivity contribution in [1.29, 1.82) is 0 Å². The zero-order valence-corrected chi connectivity index (χ0v) is 24.9. The van der Waals surface area contributed by atoms with E-state index >= 15 is 0 Å². The van der Waals surface area contributed by atoms with E-state index in [0.29, 0.717) is 12.8 Å². The number of esters is 2. The highest BCUT2D eigenvalue weighted by Crippen LogP contribution is 2.43. The van der Waals surface area contributed by atoms with Crippen molar-refractivity contribution < 1.29 is 47.5 Å². The molecule has 0 saturated heterocycles. The summed E-state index contributed by atoms with van der Waals surface area (Å²) in [7, 11) is -4.68. The van der Waals surface area contributed by atoms with E-state index in [1.54, 1.807) is 0 Å². The van der Waals surface area contributed by atoms with E-state index in [1.807, 2.05) is 0 Å². The lowest BCUT2D eigenvalue weighted by molar-refractivity contribution is -0.161. The fraction of sp³-hybridized carbons (Fsp3) is 0.889. The smallest absolute Gasteiger partial charge is 0.472 e. The number of nitrogens with two attached hydrogens (primary N) is 1. The van der Waals surface area contributed by atoms with Crippen molar-refractivity contribution in [2.75, 3.05) is 19.8 Å². The van der Waals surface area contributed by atoms with Crippen LogP contribution in [0, 0.1) is 0 Å². The summed E-state index contributed by atoms with van der Waals surface area (Å²) >= 11 is 0. The third kappa shape index (κ3) is 24.0. The number of unbranched alkanes of at least 4 members (excludes halogenated alkanes) is 13. The summed E-state index contributed by atoms with van der Waals surface area (Å²) in [5.41, 5.74) is 5.26. The molecule has 12 heteroatoms. The molecule has 0 fully saturated rings. The number of phosphoric ester groups is 1. The van der Waals surface area contributed by atoms with Gasteiger partial charge in [-0.15, -0.1) is 0 Å². The first-order valence-corrected chi connectivity index (χ1v) is 16.1. The topological polar surface area (TPSA) is 172 Å². The minimum absolute atomic E-state index is 0.166. The van der Waals surface area contributed by atoms with Crippen LogP contribution >= 0.6 is 7.82 Å². The summed E-state index contributed by atoms with van der Waals surface area (Å²) in [6.45, 7) is 2.60. The monoisotopic (exact) mass is 581 g/mol. The predicted octanol–water partition coefficient (Wildman–Crippen LogP) is 5.66. The van der Waals surface area contributed by atoms with Gasteiger partial charge >= 0.3 is 25.7 Å². The number of carbonyl (C=O) groups excluding carboxylic acids is 2. The Labute approximate surface area is 234 Å². The van der Waals surface area contributed by atoms with Crippen molar-refractivity contribution in [2.45, 2.75) is 135 Å². The average molecular weight is 582 g/mol. The maximum atomic E-state index is 12.4. The van der Waals surface area contributed by atoms with Gasteiger partial charge in [0.15, 0.2) is 6.10 Å². The summed E-state index contributed by atoms with van der Waals surface area (Å²) in [6, 6.07) is -1.51. The molecule has 4 N–H and O–H groups in total. The highest BCUT2D eigenvalue weighted by Gasteiger charge is 2.28. The van der Waals surface area contributed by atoms with Crippen LogP contribution in [-0.2, 0) is 37.5 Å². The van der Waals surface area contributed by atoms with Crippen molar-refractivity contribution in [3.63, 3.8) is 0 Å². The van der Waals surface area contributed by atoms with Crippen LogP contribution in [-0.4, -0.2) is 59.9 Å². The van der Waals surface area contributed by atoms with Crippen LogP contribution in [0.15, 0.2) is 0 Å². The van der Waals surface area contributed by atoms with Crippen molar-refractivity contribution in [3.8, 4) is 0 Å². The number of rotatable bonds is 27. The average Bonchev–Trinajstić information content (AvgIpc) is 2.89. The molecule has 0 aliphatic rings. The van der Waals surface area contributed by atoms with Gasteiger partial charge in [-0.1, -0.05) is 97.3 Å². The maximum absolute atomic E-state index is 12.4. The number of ether oxygens (including phenoxy) is 2. The number of hydrogen-bond acceptors (Lipinski definition) is 9. The van der Waals surface area contributed by atoms with Crippen LogP contribution in [0.4, 0.5) is 0 Å². The molecule has 0 spiro atoms. The van der Waals surface area contributed by atoms with Crippen LogP contribution in [0.2, 0.25) is 0 Å². The second-order valence-corrected chi connectivity index (χ2v) is 11.3. The second-order valence-electron chi connectivity index (χ2n) is 9.90. The molecule has 0 aliphatic carbocycles. The molecule has 0 aliphatic heterocycles. The number of carbonyl (C=O) groups is 3. The molecule has 0 amide bonds. The minimum atomic E-state index is -4.68. The van der Waals surface area contributed by atoms with Crippen LogP contribution in [0.1, 0.15) is 123 Å². The molecule has 0 bridgehead atoms. The number of carboxylic acid groups (broad SMARTS) is 1. The van der Waals surface area contributed by atoms with Gasteiger partial charge in [0.1, 0.15) is 12.6 Å². The van der Waals surface area contributed by atoms with Crippen molar-refractivity contribution in [3.05, 3.63) is 0 Å². The molecule has 3 unspecified atom stereocenters. The van der Waals surface area contributed by atoms with Crippen molar-refractivity contribution in [1.82, 2.24) is 0 Å². The van der Waals surface area contributed by atoms with Crippen molar-refractivity contribution in [2.24, 2.45) is 5.73 Å². The van der Waals surface area contributed by atoms with Gasteiger partial charge in [0.25, 0.3) is 0 Å². The van der Waals surface area contributed by atoms with Crippen LogP contribution < -0.4 is 5.73 Å². The molecule has 0 radical (unpaired) electrons. The molecule has 0 aromatic heterocycles. The molecule has 0 rings (SSSR count). The number of hydrogen-bond donors (Lipinski definition) is 3. The molecule has 0 saturated carbocycles. The summed E-state index contributed by atoms with van der Waals surface area (Å²) in [6.07, 6.45) is 15.5. The van der Waals surface area contributed by atoms with Gasteiger partial charge in [-0.05, 0) is 12.8 Å². The highest BCUT2D eigenvalue weighted by atomic mass is 31.2. The maximum Gasteiger partial charge on any atom is 0.472 e. The van der Waals surface area contributed by atoms with Gasteiger partial charge in [-0.2, -0.15) is 0 Å². The Hall–Kier alpha value is -1.52. The van der Waals surface area contributed by atoms with E-state index in [0.717, 1.165) is 38.5 Å². The third-order valence-electron chi connectivity index (χ3n) is 6.11. The van der Waals surface area contributed by atoms with Crippen LogP contribution in [0.25, 0.3) is 0 Å². The van der Waals surface area contributed by atoms with E-state index in [2.05, 4.69) is 18.4 Å². The lowest BCUT2D eigenvalue weighted by atomic mass is 10.1. The minimum Gasteiger partial charge on any atom is -0.480 e. The summed E-state index contributed by atoms with van der Waals surface area (Å²) in [5.74, 6) is -2.40. The quantitative estimate of drug-likeness (QED) is 0.0621. The largest absolute Gasteiger partial charge is 0.480 e. The molecule has 0 aromatic carbocycles. The van der Waals surface area contributed by atoms with E-state index in [-0.39, 0.29) is 19.4 Å². The molecular weight excluding hydrogens is 529 g/mol. The van der Waals surface area contributed by atoms with Gasteiger partial charge in [0.2, 0.25) is 0 Å². The molecule has 0 heterocycles. The van der Waals surface area contributed by atoms with Crippen LogP contribution in [0.3, 0.4) is 0 Å². The fourth-order valence-corrected chi connectivity index (χ4v) is 4.49. The first-order valence-electron chi connectivity index (χ1n) is 14.6. The second kappa shape index (κ2) is 24.3. The molecule has 11 nitrogen and oxygen atoms in total. The van der Waals surface area contributed by atoms with E-state index in [4.69, 9.17) is 24.8 Å². The summed E-state index contributed by atoms with van der Waals surface area (Å²) in [4.78, 5) is 44.9. The standard InChI is InChI=1S/C27H52NO10P/c1-3-5-7-9-10-11-12-13-14-15-17-19-26(30)38-23(20-35-25(29)18-16-8-6-4-2)21-36-39(33,34)37-22-24(28)27(31)32/h23-24H,3-22,28H2,1-2H3,(H,31,32)(H,33,34). The molecular formula is C27H52NO10P. The Balaban J connectivity index is 4.49. The van der Waals surface area contributed by atoms with Gasteiger partial charge < -0.3 is 25.2 Å². The first-order chi connectivity index (χ1) is 18.6. The number of aliphatic carboxylic acids is 1. The first kappa shape index (κ1) is 37.5. The fourth-order valence-electron chi connectivity index (χ4n) is 3.71. The summed E-state index contributed by atoms with van der Waals surface area (Å²) < 4.78 is 32.0. The van der Waals surface area contributed by atoms with Crippen molar-refractivity contribution >= 4 is 25.7 Å². The predicted molar refractivity (Wildman–Crippen MR) is 148 cm³/mol. The Bertz CT molecular complexity index is 706. The Morgan fingerprint density at radius 1 is 0.692 bits per heavy atom. The summed E-state index contributed by atoms with van der Waals surface area (Å²) in [5, 5.41) is 8.77. The lowest BCUT2D eigenvalue weighted by Crippen LogP contribution is -2.34. The lowest BCUT2D eigenvalue weighted by Gasteiger charge is -2.20. The molecule has 0 aromatic rings. The zero-order chi connectivity index (χ0) is 29.4. The molecule has 3 atom stereocenters. The SMILES string of the molecule is CCCCCCCCCCCCCC(=O)OC(COC(=O)CCCCCC)COP(=O)(O)OCC(N)C(=O)O. The normalized spacial score (nSPS) is 14.4. The van der Waals surface area contributed by atoms with E-state index in [1.165, 1.54) is 44.9 Å². The number of phosphoric acid groups is 1. The van der Waals surface area contributed by atoms with E-state index < -0.39 is 51.1 Å². The third-order valence-corrected chi connectivity index (χ3v) is 7.06. The van der Waals surface area contributed by atoms with Gasteiger partial charge in [0.05, 0.1) is 13.2 Å². The van der Waals surface area contributed by atoms with Gasteiger partial charge in [-0.3, -0.25) is 23.4 Å². The Morgan fingerprint density at radius 2 is 1.13 bits per heavy atom. The Kier molecular flexibility index (Phi) is 23.3. The van der Waals surface area contributed by atoms with E-state index in [9.17, 15) is 23.8 Å². The van der Waals surface area contributed by atoms with Crippen LogP contribution in [0.5, 0.6) is 0 Å². The van der Waals surface area contributed by atoms with Gasteiger partial charge in [0, 0.05) is 12.8 Å². The number of carboxylic acids is 1. The van der Waals surface area contributed by atoms with Gasteiger partial charge in [-0.25, -0.2) is 4.57 Å². The molecule has 230 valence electrons. The highest BCUT2D eigenvalue weighted by molar-refractivity contribution is 7.47. The Morgan fingerprint density at radius 3 is 1.64 bits per heavy atom. The zero-order valence-electron chi connectivity index (χ0n) is 24.0.